The Kier molecular flexibility index (Phi) is 11.1. The lowest BCUT2D eigenvalue weighted by atomic mass is 10.1. The highest BCUT2D eigenvalue weighted by molar-refractivity contribution is 7.11. The van der Waals surface area contributed by atoms with E-state index in [0.717, 1.165) is 32.1 Å². The average molecular weight is 370 g/mol. The molecule has 0 radical (unpaired) electrons. The maximum atomic E-state index is 12.3. The van der Waals surface area contributed by atoms with Crippen LogP contribution in [0.4, 0.5) is 0 Å². The molecule has 1 aromatic rings. The number of carbonyl (C=O) groups is 2. The molecular formula is C17H31N5O2S. The van der Waals surface area contributed by atoms with Gasteiger partial charge in [0.2, 0.25) is 11.8 Å². The van der Waals surface area contributed by atoms with Crippen LogP contribution in [0.15, 0.2) is 12.1 Å². The summed E-state index contributed by atoms with van der Waals surface area (Å²) < 4.78 is 0. The lowest BCUT2D eigenvalue weighted by Crippen LogP contribution is -2.48. The molecule has 0 saturated carbocycles. The lowest BCUT2D eigenvalue weighted by Gasteiger charge is -2.18. The van der Waals surface area contributed by atoms with Crippen molar-refractivity contribution in [1.82, 2.24) is 10.6 Å². The molecule has 0 aliphatic heterocycles. The van der Waals surface area contributed by atoms with Crippen molar-refractivity contribution in [3.05, 3.63) is 21.9 Å². The summed E-state index contributed by atoms with van der Waals surface area (Å²) >= 11 is 1.76. The van der Waals surface area contributed by atoms with E-state index in [-0.39, 0.29) is 18.4 Å². The molecule has 0 unspecified atom stereocenters. The van der Waals surface area contributed by atoms with Crippen molar-refractivity contribution in [2.75, 3.05) is 26.2 Å². The fourth-order valence-electron chi connectivity index (χ4n) is 2.41. The lowest BCUT2D eigenvalue weighted by molar-refractivity contribution is -0.128. The van der Waals surface area contributed by atoms with Gasteiger partial charge in [-0.1, -0.05) is 0 Å². The number of nitrogens with one attached hydrogen (secondary N) is 2. The standard InChI is InChI=1S/C17H31N5O2S/c18-9-2-1-5-15(22-16(23)12-20)17(24)21-11-8-14-7-6-13(25-14)4-3-10-19/h6-7,15H,1-5,8-12,18-20H2,(H,21,24)(H,22,23)/t15-/m0/s1. The highest BCUT2D eigenvalue weighted by Crippen LogP contribution is 2.18. The second-order valence-corrected chi connectivity index (χ2v) is 7.16. The monoisotopic (exact) mass is 369 g/mol. The molecule has 25 heavy (non-hydrogen) atoms. The highest BCUT2D eigenvalue weighted by atomic mass is 32.1. The number of amides is 2. The van der Waals surface area contributed by atoms with Gasteiger partial charge in [-0.2, -0.15) is 0 Å². The summed E-state index contributed by atoms with van der Waals surface area (Å²) in [4.78, 5) is 26.4. The third-order valence-electron chi connectivity index (χ3n) is 3.80. The Labute approximate surface area is 153 Å². The van der Waals surface area contributed by atoms with Gasteiger partial charge in [0, 0.05) is 16.3 Å². The fourth-order valence-corrected chi connectivity index (χ4v) is 3.47. The Balaban J connectivity index is 2.41. The number of hydrogen-bond donors (Lipinski definition) is 5. The Morgan fingerprint density at radius 3 is 2.32 bits per heavy atom. The summed E-state index contributed by atoms with van der Waals surface area (Å²) in [5.41, 5.74) is 16.3. The van der Waals surface area contributed by atoms with Crippen LogP contribution in [0.1, 0.15) is 35.4 Å². The van der Waals surface area contributed by atoms with Crippen LogP contribution in [-0.2, 0) is 22.4 Å². The van der Waals surface area contributed by atoms with Crippen LogP contribution in [-0.4, -0.2) is 44.0 Å². The number of unbranched alkanes of at least 4 members (excludes halogenated alkanes) is 1. The topological polar surface area (TPSA) is 136 Å². The fraction of sp³-hybridized carbons (Fsp3) is 0.647. The normalized spacial score (nSPS) is 12.0. The molecule has 0 aliphatic rings. The van der Waals surface area contributed by atoms with Crippen LogP contribution in [0.3, 0.4) is 0 Å². The first-order valence-corrected chi connectivity index (χ1v) is 9.67. The Morgan fingerprint density at radius 2 is 1.68 bits per heavy atom. The van der Waals surface area contributed by atoms with Crippen molar-refractivity contribution in [3.8, 4) is 0 Å². The van der Waals surface area contributed by atoms with Crippen molar-refractivity contribution in [2.24, 2.45) is 17.2 Å². The molecule has 0 aliphatic carbocycles. The largest absolute Gasteiger partial charge is 0.354 e. The van der Waals surface area contributed by atoms with Gasteiger partial charge in [0.1, 0.15) is 6.04 Å². The molecule has 1 rings (SSSR count). The molecule has 8 N–H and O–H groups in total. The van der Waals surface area contributed by atoms with E-state index in [1.54, 1.807) is 11.3 Å². The number of carbonyl (C=O) groups excluding carboxylic acids is 2. The molecule has 0 bridgehead atoms. The van der Waals surface area contributed by atoms with Crippen LogP contribution >= 0.6 is 11.3 Å². The molecule has 0 fully saturated rings. The number of hydrogen-bond acceptors (Lipinski definition) is 6. The van der Waals surface area contributed by atoms with Crippen molar-refractivity contribution in [3.63, 3.8) is 0 Å². The molecule has 1 atom stereocenters. The van der Waals surface area contributed by atoms with Gasteiger partial charge in [0.15, 0.2) is 0 Å². The molecule has 0 spiro atoms. The van der Waals surface area contributed by atoms with E-state index in [2.05, 4.69) is 22.8 Å². The van der Waals surface area contributed by atoms with Gasteiger partial charge in [-0.3, -0.25) is 9.59 Å². The van der Waals surface area contributed by atoms with E-state index in [0.29, 0.717) is 26.1 Å². The number of thiophene rings is 1. The smallest absolute Gasteiger partial charge is 0.242 e. The molecule has 8 heteroatoms. The third-order valence-corrected chi connectivity index (χ3v) is 5.00. The highest BCUT2D eigenvalue weighted by Gasteiger charge is 2.19. The van der Waals surface area contributed by atoms with Gasteiger partial charge in [-0.05, 0) is 63.7 Å². The van der Waals surface area contributed by atoms with Crippen molar-refractivity contribution < 1.29 is 9.59 Å². The number of aryl methyl sites for hydroxylation is 1. The van der Waals surface area contributed by atoms with E-state index in [1.807, 2.05) is 0 Å². The Hall–Kier alpha value is -1.48. The number of nitrogens with two attached hydrogens (primary N) is 3. The van der Waals surface area contributed by atoms with E-state index < -0.39 is 6.04 Å². The molecule has 0 aromatic carbocycles. The first-order valence-electron chi connectivity index (χ1n) is 8.85. The third kappa shape index (κ3) is 8.97. The van der Waals surface area contributed by atoms with Gasteiger partial charge in [-0.25, -0.2) is 0 Å². The van der Waals surface area contributed by atoms with Gasteiger partial charge in [0.25, 0.3) is 0 Å². The summed E-state index contributed by atoms with van der Waals surface area (Å²) in [6.45, 7) is 1.69. The molecule has 142 valence electrons. The SMILES string of the molecule is NCCCC[C@H](NC(=O)CN)C(=O)NCCc1ccc(CCCN)s1. The maximum Gasteiger partial charge on any atom is 0.242 e. The zero-order valence-electron chi connectivity index (χ0n) is 14.8. The molecule has 0 saturated heterocycles. The average Bonchev–Trinajstić information content (AvgIpc) is 3.06. The molecule has 1 aromatic heterocycles. The summed E-state index contributed by atoms with van der Waals surface area (Å²) in [6, 6.07) is 3.66. The first-order chi connectivity index (χ1) is 12.1. The number of rotatable bonds is 13. The van der Waals surface area contributed by atoms with Crippen LogP contribution in [0, 0.1) is 0 Å². The predicted molar refractivity (Wildman–Crippen MR) is 102 cm³/mol. The Morgan fingerprint density at radius 1 is 1.00 bits per heavy atom. The molecule has 1 heterocycles. The van der Waals surface area contributed by atoms with Crippen LogP contribution in [0.5, 0.6) is 0 Å². The molecular weight excluding hydrogens is 338 g/mol. The minimum absolute atomic E-state index is 0.124. The van der Waals surface area contributed by atoms with Crippen molar-refractivity contribution in [1.29, 1.82) is 0 Å². The van der Waals surface area contributed by atoms with E-state index in [1.165, 1.54) is 9.75 Å². The first kappa shape index (κ1) is 21.6. The van der Waals surface area contributed by atoms with Gasteiger partial charge < -0.3 is 27.8 Å². The van der Waals surface area contributed by atoms with Crippen LogP contribution in [0.25, 0.3) is 0 Å². The van der Waals surface area contributed by atoms with Crippen molar-refractivity contribution in [2.45, 2.75) is 44.6 Å². The summed E-state index contributed by atoms with van der Waals surface area (Å²) in [5, 5.41) is 5.58. The second-order valence-electron chi connectivity index (χ2n) is 5.91. The predicted octanol–water partition coefficient (Wildman–Crippen LogP) is -0.129. The van der Waals surface area contributed by atoms with Gasteiger partial charge in [-0.15, -0.1) is 11.3 Å². The zero-order valence-corrected chi connectivity index (χ0v) is 15.6. The van der Waals surface area contributed by atoms with Crippen LogP contribution < -0.4 is 27.8 Å². The van der Waals surface area contributed by atoms with E-state index in [9.17, 15) is 9.59 Å². The maximum absolute atomic E-state index is 12.3. The minimum atomic E-state index is -0.550. The van der Waals surface area contributed by atoms with Crippen molar-refractivity contribution >= 4 is 23.2 Å². The second kappa shape index (κ2) is 12.8. The van der Waals surface area contributed by atoms with Gasteiger partial charge >= 0.3 is 0 Å². The molecule has 2 amide bonds. The van der Waals surface area contributed by atoms with Crippen LogP contribution in [0.2, 0.25) is 0 Å². The quantitative estimate of drug-likeness (QED) is 0.309. The summed E-state index contributed by atoms with van der Waals surface area (Å²) in [7, 11) is 0. The van der Waals surface area contributed by atoms with E-state index >= 15 is 0 Å². The minimum Gasteiger partial charge on any atom is -0.354 e. The Bertz CT molecular complexity index is 521. The summed E-state index contributed by atoms with van der Waals surface area (Å²) in [5.74, 6) is -0.491. The molecule has 7 nitrogen and oxygen atoms in total. The van der Waals surface area contributed by atoms with Gasteiger partial charge in [0.05, 0.1) is 6.54 Å². The summed E-state index contributed by atoms with van der Waals surface area (Å²) in [6.07, 6.45) is 4.94. The zero-order chi connectivity index (χ0) is 18.5. The van der Waals surface area contributed by atoms with E-state index in [4.69, 9.17) is 17.2 Å².